The van der Waals surface area contributed by atoms with Crippen LogP contribution in [0, 0.1) is 0 Å². The molecule has 0 aliphatic rings. The standard InChI is InChI=1S/C17H25NO5/c1-16(2,3)22-14(20)11-7-10(9-19)8-12(13(11)18)15(21)23-17(4,5)6/h7-8,19H,9,18H2,1-6H3. The summed E-state index contributed by atoms with van der Waals surface area (Å²) in [6, 6.07) is 2.83. The van der Waals surface area contributed by atoms with Crippen LogP contribution < -0.4 is 5.73 Å². The summed E-state index contributed by atoms with van der Waals surface area (Å²) in [5.74, 6) is -1.31. The smallest absolute Gasteiger partial charge is 0.340 e. The summed E-state index contributed by atoms with van der Waals surface area (Å²) in [7, 11) is 0. The summed E-state index contributed by atoms with van der Waals surface area (Å²) in [6.07, 6.45) is 0. The molecule has 1 rings (SSSR count). The fourth-order valence-corrected chi connectivity index (χ4v) is 1.81. The van der Waals surface area contributed by atoms with Crippen molar-refractivity contribution in [1.82, 2.24) is 0 Å². The van der Waals surface area contributed by atoms with Crippen molar-refractivity contribution in [3.63, 3.8) is 0 Å². The second kappa shape index (κ2) is 6.58. The normalized spacial score (nSPS) is 12.0. The van der Waals surface area contributed by atoms with Crippen LogP contribution in [0.2, 0.25) is 0 Å². The first kappa shape index (κ1) is 19.0. The number of benzene rings is 1. The van der Waals surface area contributed by atoms with E-state index >= 15 is 0 Å². The number of rotatable bonds is 3. The summed E-state index contributed by atoms with van der Waals surface area (Å²) >= 11 is 0. The summed E-state index contributed by atoms with van der Waals surface area (Å²) < 4.78 is 10.6. The molecule has 0 aliphatic heterocycles. The van der Waals surface area contributed by atoms with Crippen LogP contribution in [0.3, 0.4) is 0 Å². The van der Waals surface area contributed by atoms with E-state index in [1.165, 1.54) is 12.1 Å². The first-order valence-corrected chi connectivity index (χ1v) is 7.34. The summed E-state index contributed by atoms with van der Waals surface area (Å²) in [5.41, 5.74) is 4.98. The molecule has 0 saturated heterocycles. The van der Waals surface area contributed by atoms with Crippen LogP contribution in [0.25, 0.3) is 0 Å². The third-order valence-corrected chi connectivity index (χ3v) is 2.66. The van der Waals surface area contributed by atoms with Crippen LogP contribution in [0.5, 0.6) is 0 Å². The Bertz CT molecular complexity index is 559. The van der Waals surface area contributed by atoms with E-state index in [0.717, 1.165) is 0 Å². The number of ether oxygens (including phenoxy) is 2. The van der Waals surface area contributed by atoms with Crippen LogP contribution in [0.4, 0.5) is 5.69 Å². The molecule has 0 unspecified atom stereocenters. The number of carbonyl (C=O) groups excluding carboxylic acids is 2. The number of aliphatic hydroxyl groups excluding tert-OH is 1. The molecular formula is C17H25NO5. The van der Waals surface area contributed by atoms with E-state index in [1.54, 1.807) is 41.5 Å². The number of carbonyl (C=O) groups is 2. The van der Waals surface area contributed by atoms with Crippen LogP contribution >= 0.6 is 0 Å². The monoisotopic (exact) mass is 323 g/mol. The maximum Gasteiger partial charge on any atom is 0.340 e. The van der Waals surface area contributed by atoms with Crippen LogP contribution in [0.1, 0.15) is 67.8 Å². The molecule has 3 N–H and O–H groups in total. The SMILES string of the molecule is CC(C)(C)OC(=O)c1cc(CO)cc(C(=O)OC(C)(C)C)c1N. The van der Waals surface area contributed by atoms with Crippen LogP contribution in [0.15, 0.2) is 12.1 Å². The molecule has 128 valence electrons. The van der Waals surface area contributed by atoms with E-state index in [-0.39, 0.29) is 23.4 Å². The number of anilines is 1. The van der Waals surface area contributed by atoms with Crippen LogP contribution in [-0.2, 0) is 16.1 Å². The number of nitrogen functional groups attached to an aromatic ring is 1. The third kappa shape index (κ3) is 5.56. The zero-order valence-corrected chi connectivity index (χ0v) is 14.5. The van der Waals surface area contributed by atoms with Crippen molar-refractivity contribution >= 4 is 17.6 Å². The molecular weight excluding hydrogens is 298 g/mol. The van der Waals surface area contributed by atoms with Gasteiger partial charge in [0.1, 0.15) is 11.2 Å². The Morgan fingerprint density at radius 2 is 1.30 bits per heavy atom. The van der Waals surface area contributed by atoms with E-state index in [2.05, 4.69) is 0 Å². The highest BCUT2D eigenvalue weighted by atomic mass is 16.6. The number of nitrogens with two attached hydrogens (primary N) is 1. The lowest BCUT2D eigenvalue weighted by Crippen LogP contribution is -2.27. The molecule has 1 aromatic rings. The quantitative estimate of drug-likeness (QED) is 0.655. The Hall–Kier alpha value is -2.08. The minimum Gasteiger partial charge on any atom is -0.456 e. The van der Waals surface area contributed by atoms with Gasteiger partial charge >= 0.3 is 11.9 Å². The predicted molar refractivity (Wildman–Crippen MR) is 87.1 cm³/mol. The van der Waals surface area contributed by atoms with E-state index in [0.29, 0.717) is 5.56 Å². The van der Waals surface area contributed by atoms with Gasteiger partial charge < -0.3 is 20.3 Å². The molecule has 0 bridgehead atoms. The molecule has 0 radical (unpaired) electrons. The Labute approximate surface area is 136 Å². The molecule has 0 saturated carbocycles. The Balaban J connectivity index is 3.31. The van der Waals surface area contributed by atoms with Crippen molar-refractivity contribution in [2.75, 3.05) is 5.73 Å². The van der Waals surface area contributed by atoms with E-state index in [9.17, 15) is 14.7 Å². The second-order valence-corrected chi connectivity index (χ2v) is 7.27. The first-order chi connectivity index (χ1) is 10.3. The fourth-order valence-electron chi connectivity index (χ4n) is 1.81. The van der Waals surface area contributed by atoms with Gasteiger partial charge in [-0.05, 0) is 59.2 Å². The molecule has 0 aliphatic carbocycles. The molecule has 23 heavy (non-hydrogen) atoms. The lowest BCUT2D eigenvalue weighted by atomic mass is 10.0. The highest BCUT2D eigenvalue weighted by molar-refractivity contribution is 6.04. The van der Waals surface area contributed by atoms with Gasteiger partial charge in [0.25, 0.3) is 0 Å². The van der Waals surface area contributed by atoms with Gasteiger partial charge in [0.2, 0.25) is 0 Å². The topological polar surface area (TPSA) is 98.8 Å². The lowest BCUT2D eigenvalue weighted by Gasteiger charge is -2.22. The third-order valence-electron chi connectivity index (χ3n) is 2.66. The maximum atomic E-state index is 12.3. The molecule has 6 nitrogen and oxygen atoms in total. The van der Waals surface area contributed by atoms with Gasteiger partial charge in [0.05, 0.1) is 23.4 Å². The molecule has 1 aromatic carbocycles. The first-order valence-electron chi connectivity index (χ1n) is 7.34. The average molecular weight is 323 g/mol. The molecule has 0 aromatic heterocycles. The number of esters is 2. The highest BCUT2D eigenvalue weighted by Crippen LogP contribution is 2.25. The number of aliphatic hydroxyl groups is 1. The van der Waals surface area contributed by atoms with Crippen molar-refractivity contribution in [2.24, 2.45) is 0 Å². The minimum atomic E-state index is -0.704. The van der Waals surface area contributed by atoms with E-state index in [4.69, 9.17) is 15.2 Å². The maximum absolute atomic E-state index is 12.3. The van der Waals surface area contributed by atoms with Crippen molar-refractivity contribution in [2.45, 2.75) is 59.4 Å². The van der Waals surface area contributed by atoms with Gasteiger partial charge in [-0.3, -0.25) is 0 Å². The Morgan fingerprint density at radius 1 is 0.957 bits per heavy atom. The molecule has 0 atom stereocenters. The highest BCUT2D eigenvalue weighted by Gasteiger charge is 2.26. The Kier molecular flexibility index (Phi) is 5.43. The van der Waals surface area contributed by atoms with Crippen molar-refractivity contribution in [3.05, 3.63) is 28.8 Å². The van der Waals surface area contributed by atoms with Gasteiger partial charge in [-0.2, -0.15) is 0 Å². The van der Waals surface area contributed by atoms with E-state index in [1.807, 2.05) is 0 Å². The van der Waals surface area contributed by atoms with E-state index < -0.39 is 23.1 Å². The molecule has 0 fully saturated rings. The fraction of sp³-hybridized carbons (Fsp3) is 0.529. The van der Waals surface area contributed by atoms with Gasteiger partial charge in [-0.1, -0.05) is 0 Å². The Morgan fingerprint density at radius 3 is 1.57 bits per heavy atom. The summed E-state index contributed by atoms with van der Waals surface area (Å²) in [4.78, 5) is 24.5. The number of hydrogen-bond acceptors (Lipinski definition) is 6. The van der Waals surface area contributed by atoms with Crippen molar-refractivity contribution in [1.29, 1.82) is 0 Å². The van der Waals surface area contributed by atoms with Crippen LogP contribution in [-0.4, -0.2) is 28.2 Å². The summed E-state index contributed by atoms with van der Waals surface area (Å²) in [5, 5.41) is 9.36. The average Bonchev–Trinajstić information content (AvgIpc) is 2.34. The largest absolute Gasteiger partial charge is 0.456 e. The number of hydrogen-bond donors (Lipinski definition) is 2. The lowest BCUT2D eigenvalue weighted by molar-refractivity contribution is 0.00676. The van der Waals surface area contributed by atoms with Crippen molar-refractivity contribution in [3.8, 4) is 0 Å². The van der Waals surface area contributed by atoms with Crippen molar-refractivity contribution < 1.29 is 24.2 Å². The van der Waals surface area contributed by atoms with Gasteiger partial charge in [-0.25, -0.2) is 9.59 Å². The zero-order valence-electron chi connectivity index (χ0n) is 14.5. The molecule has 0 amide bonds. The molecule has 0 spiro atoms. The summed E-state index contributed by atoms with van der Waals surface area (Å²) in [6.45, 7) is 10.0. The molecule has 6 heteroatoms. The van der Waals surface area contributed by atoms with Gasteiger partial charge in [-0.15, -0.1) is 0 Å². The zero-order chi connectivity index (χ0) is 18.0. The molecule has 0 heterocycles. The predicted octanol–water partition coefficient (Wildman–Crippen LogP) is 2.67. The second-order valence-electron chi connectivity index (χ2n) is 7.27. The minimum absolute atomic E-state index is 0.0225. The van der Waals surface area contributed by atoms with Gasteiger partial charge in [0.15, 0.2) is 0 Å². The van der Waals surface area contributed by atoms with Gasteiger partial charge in [0, 0.05) is 0 Å².